The zero-order valence-electron chi connectivity index (χ0n) is 12.3. The number of fused-ring (bicyclic) bond motifs is 1. The molecule has 2 heterocycles. The van der Waals surface area contributed by atoms with Gasteiger partial charge in [-0.05, 0) is 38.3 Å². The van der Waals surface area contributed by atoms with Crippen LogP contribution in [0.4, 0.5) is 0 Å². The first kappa shape index (κ1) is 14.1. The molecule has 0 amide bonds. The van der Waals surface area contributed by atoms with Crippen LogP contribution in [-0.4, -0.2) is 25.3 Å². The van der Waals surface area contributed by atoms with Gasteiger partial charge < -0.3 is 0 Å². The normalized spacial score (nSPS) is 11.1. The van der Waals surface area contributed by atoms with Gasteiger partial charge in [0.15, 0.2) is 0 Å². The van der Waals surface area contributed by atoms with E-state index in [4.69, 9.17) is 0 Å². The molecule has 0 fully saturated rings. The summed E-state index contributed by atoms with van der Waals surface area (Å²) in [5.41, 5.74) is 3.43. The molecule has 0 saturated heterocycles. The molecular formula is C16H18N4S. The summed E-state index contributed by atoms with van der Waals surface area (Å²) in [7, 11) is 0. The van der Waals surface area contributed by atoms with Crippen molar-refractivity contribution < 1.29 is 0 Å². The van der Waals surface area contributed by atoms with Crippen molar-refractivity contribution in [2.24, 2.45) is 0 Å². The molecule has 21 heavy (non-hydrogen) atoms. The lowest BCUT2D eigenvalue weighted by Crippen LogP contribution is -1.97. The van der Waals surface area contributed by atoms with Crippen molar-refractivity contribution in [1.29, 1.82) is 0 Å². The summed E-state index contributed by atoms with van der Waals surface area (Å²) in [6, 6.07) is 12.6. The molecule has 0 aliphatic carbocycles. The Morgan fingerprint density at radius 2 is 1.90 bits per heavy atom. The minimum Gasteiger partial charge on any atom is -0.216 e. The second-order valence-corrected chi connectivity index (χ2v) is 6.14. The van der Waals surface area contributed by atoms with E-state index in [1.54, 1.807) is 11.8 Å². The van der Waals surface area contributed by atoms with Crippen LogP contribution in [0.1, 0.15) is 23.4 Å². The largest absolute Gasteiger partial charge is 0.253 e. The van der Waals surface area contributed by atoms with Crippen LogP contribution >= 0.6 is 11.8 Å². The number of aryl methyl sites for hydroxylation is 3. The highest BCUT2D eigenvalue weighted by molar-refractivity contribution is 7.99. The highest BCUT2D eigenvalue weighted by atomic mass is 32.2. The lowest BCUT2D eigenvalue weighted by atomic mass is 10.1. The summed E-state index contributed by atoms with van der Waals surface area (Å²) in [5.74, 6) is 1.71. The zero-order valence-corrected chi connectivity index (χ0v) is 13.1. The van der Waals surface area contributed by atoms with Crippen LogP contribution in [0, 0.1) is 13.8 Å². The average molecular weight is 298 g/mol. The third-order valence-electron chi connectivity index (χ3n) is 3.28. The molecule has 4 nitrogen and oxygen atoms in total. The van der Waals surface area contributed by atoms with E-state index in [1.165, 1.54) is 5.56 Å². The summed E-state index contributed by atoms with van der Waals surface area (Å²) < 4.78 is 1.81. The molecule has 0 N–H and O–H groups in total. The maximum Gasteiger partial charge on any atom is 0.253 e. The molecule has 108 valence electrons. The minimum atomic E-state index is 0.693. The van der Waals surface area contributed by atoms with Crippen LogP contribution in [-0.2, 0) is 6.42 Å². The van der Waals surface area contributed by atoms with E-state index < -0.39 is 0 Å². The van der Waals surface area contributed by atoms with Gasteiger partial charge in [-0.2, -0.15) is 4.98 Å². The number of nitrogens with zero attached hydrogens (tertiary/aromatic N) is 4. The van der Waals surface area contributed by atoms with Gasteiger partial charge in [0.25, 0.3) is 5.78 Å². The van der Waals surface area contributed by atoms with Gasteiger partial charge in [0, 0.05) is 17.1 Å². The number of thioether (sulfide) groups is 1. The van der Waals surface area contributed by atoms with Gasteiger partial charge in [0.05, 0.1) is 0 Å². The van der Waals surface area contributed by atoms with E-state index in [0.29, 0.717) is 5.78 Å². The Morgan fingerprint density at radius 3 is 2.71 bits per heavy atom. The molecule has 3 aromatic rings. The Hall–Kier alpha value is -1.88. The standard InChI is InChI=1S/C16H18N4S/c1-12-11-13(2)20-15(17-12)18-16(19-20)21-10-6-9-14-7-4-3-5-8-14/h3-5,7-8,11H,6,9-10H2,1-2H3. The summed E-state index contributed by atoms with van der Waals surface area (Å²) in [5, 5.41) is 5.31. The van der Waals surface area contributed by atoms with Crippen LogP contribution in [0.15, 0.2) is 41.6 Å². The Labute approximate surface area is 128 Å². The van der Waals surface area contributed by atoms with E-state index in [0.717, 1.165) is 35.1 Å². The van der Waals surface area contributed by atoms with E-state index >= 15 is 0 Å². The van der Waals surface area contributed by atoms with Gasteiger partial charge >= 0.3 is 0 Å². The number of aromatic nitrogens is 4. The summed E-state index contributed by atoms with van der Waals surface area (Å²) in [6.45, 7) is 4.01. The molecule has 0 saturated carbocycles. The highest BCUT2D eigenvalue weighted by Crippen LogP contribution is 2.17. The van der Waals surface area contributed by atoms with Gasteiger partial charge in [-0.25, -0.2) is 9.50 Å². The molecule has 3 rings (SSSR count). The van der Waals surface area contributed by atoms with Gasteiger partial charge in [-0.3, -0.25) is 0 Å². The number of benzene rings is 1. The molecule has 2 aromatic heterocycles. The van der Waals surface area contributed by atoms with E-state index in [2.05, 4.69) is 45.4 Å². The van der Waals surface area contributed by atoms with E-state index in [-0.39, 0.29) is 0 Å². The topological polar surface area (TPSA) is 43.1 Å². The third kappa shape index (κ3) is 3.42. The molecule has 0 unspecified atom stereocenters. The second kappa shape index (κ2) is 6.26. The zero-order chi connectivity index (χ0) is 14.7. The second-order valence-electron chi connectivity index (χ2n) is 5.08. The first-order valence-corrected chi connectivity index (χ1v) is 8.09. The Kier molecular flexibility index (Phi) is 4.20. The van der Waals surface area contributed by atoms with Crippen molar-refractivity contribution in [1.82, 2.24) is 19.6 Å². The molecule has 0 aliphatic heterocycles. The first-order chi connectivity index (χ1) is 10.2. The lowest BCUT2D eigenvalue weighted by Gasteiger charge is -1.99. The van der Waals surface area contributed by atoms with Crippen molar-refractivity contribution in [3.8, 4) is 0 Å². The fourth-order valence-electron chi connectivity index (χ4n) is 2.29. The molecule has 1 aromatic carbocycles. The predicted molar refractivity (Wildman–Crippen MR) is 85.7 cm³/mol. The molecule has 0 spiro atoms. The van der Waals surface area contributed by atoms with Crippen molar-refractivity contribution in [2.75, 3.05) is 5.75 Å². The van der Waals surface area contributed by atoms with Crippen molar-refractivity contribution in [2.45, 2.75) is 31.8 Å². The van der Waals surface area contributed by atoms with Gasteiger partial charge in [-0.1, -0.05) is 42.1 Å². The van der Waals surface area contributed by atoms with Gasteiger partial charge in [-0.15, -0.1) is 5.10 Å². The van der Waals surface area contributed by atoms with Crippen molar-refractivity contribution in [3.05, 3.63) is 53.3 Å². The van der Waals surface area contributed by atoms with Gasteiger partial charge in [0.2, 0.25) is 5.16 Å². The molecular weight excluding hydrogens is 280 g/mol. The molecule has 5 heteroatoms. The number of hydrogen-bond acceptors (Lipinski definition) is 4. The Morgan fingerprint density at radius 1 is 1.10 bits per heavy atom. The maximum atomic E-state index is 4.50. The van der Waals surface area contributed by atoms with Crippen molar-refractivity contribution in [3.63, 3.8) is 0 Å². The third-order valence-corrected chi connectivity index (χ3v) is 4.21. The predicted octanol–water partition coefficient (Wildman–Crippen LogP) is 3.47. The van der Waals surface area contributed by atoms with Crippen LogP contribution in [0.25, 0.3) is 5.78 Å². The molecule has 0 bridgehead atoms. The minimum absolute atomic E-state index is 0.693. The quantitative estimate of drug-likeness (QED) is 0.534. The molecule has 0 aliphatic rings. The van der Waals surface area contributed by atoms with Crippen LogP contribution < -0.4 is 0 Å². The fourth-order valence-corrected chi connectivity index (χ4v) is 3.05. The smallest absolute Gasteiger partial charge is 0.216 e. The summed E-state index contributed by atoms with van der Waals surface area (Å²) in [6.07, 6.45) is 2.22. The molecule has 0 atom stereocenters. The Bertz CT molecular complexity index is 737. The fraction of sp³-hybridized carbons (Fsp3) is 0.312. The van der Waals surface area contributed by atoms with Crippen LogP contribution in [0.3, 0.4) is 0 Å². The number of rotatable bonds is 5. The van der Waals surface area contributed by atoms with Crippen LogP contribution in [0.5, 0.6) is 0 Å². The first-order valence-electron chi connectivity index (χ1n) is 7.10. The van der Waals surface area contributed by atoms with Gasteiger partial charge in [0.1, 0.15) is 0 Å². The van der Waals surface area contributed by atoms with E-state index in [1.807, 2.05) is 24.4 Å². The SMILES string of the molecule is Cc1cc(C)n2nc(SCCCc3ccccc3)nc2n1. The van der Waals surface area contributed by atoms with E-state index in [9.17, 15) is 0 Å². The van der Waals surface area contributed by atoms with Crippen LogP contribution in [0.2, 0.25) is 0 Å². The van der Waals surface area contributed by atoms with Crippen molar-refractivity contribution >= 4 is 17.5 Å². The maximum absolute atomic E-state index is 4.50. The highest BCUT2D eigenvalue weighted by Gasteiger charge is 2.07. The molecule has 0 radical (unpaired) electrons. The lowest BCUT2D eigenvalue weighted by molar-refractivity contribution is 0.841. The summed E-state index contributed by atoms with van der Waals surface area (Å²) >= 11 is 1.70. The average Bonchev–Trinajstić information content (AvgIpc) is 2.88. The number of hydrogen-bond donors (Lipinski definition) is 0. The monoisotopic (exact) mass is 298 g/mol. The summed E-state index contributed by atoms with van der Waals surface area (Å²) in [4.78, 5) is 8.89. The Balaban J connectivity index is 1.59.